The summed E-state index contributed by atoms with van der Waals surface area (Å²) in [5.41, 5.74) is -0.260. The lowest BCUT2D eigenvalue weighted by molar-refractivity contribution is -0.194. The SMILES string of the molecule is CC(C)(C)C1OC(=O)C(Br)=C(C(Br)Br)O1. The van der Waals surface area contributed by atoms with Gasteiger partial charge in [0.15, 0.2) is 0 Å². The Morgan fingerprint density at radius 2 is 1.80 bits per heavy atom. The minimum atomic E-state index is -0.570. The lowest BCUT2D eigenvalue weighted by Crippen LogP contribution is -2.38. The van der Waals surface area contributed by atoms with Crippen LogP contribution in [-0.4, -0.2) is 16.0 Å². The zero-order valence-electron chi connectivity index (χ0n) is 8.51. The monoisotopic (exact) mass is 404 g/mol. The van der Waals surface area contributed by atoms with E-state index in [1.165, 1.54) is 0 Å². The van der Waals surface area contributed by atoms with Gasteiger partial charge in [-0.25, -0.2) is 4.79 Å². The maximum Gasteiger partial charge on any atom is 0.351 e. The van der Waals surface area contributed by atoms with Crippen LogP contribution in [0.2, 0.25) is 0 Å². The van der Waals surface area contributed by atoms with E-state index in [1.54, 1.807) is 0 Å². The van der Waals surface area contributed by atoms with Crippen molar-refractivity contribution in [3.8, 4) is 0 Å². The van der Waals surface area contributed by atoms with Crippen molar-refractivity contribution in [3.63, 3.8) is 0 Å². The molecule has 15 heavy (non-hydrogen) atoms. The highest BCUT2D eigenvalue weighted by Crippen LogP contribution is 2.37. The van der Waals surface area contributed by atoms with E-state index in [4.69, 9.17) is 9.47 Å². The van der Waals surface area contributed by atoms with Crippen molar-refractivity contribution in [2.75, 3.05) is 0 Å². The summed E-state index contributed by atoms with van der Waals surface area (Å²) in [5, 5.41) is 0. The summed E-state index contributed by atoms with van der Waals surface area (Å²) in [4.78, 5) is 11.5. The average molecular weight is 407 g/mol. The van der Waals surface area contributed by atoms with Gasteiger partial charge in [-0.1, -0.05) is 52.6 Å². The van der Waals surface area contributed by atoms with Gasteiger partial charge in [0.25, 0.3) is 0 Å². The number of allylic oxidation sites excluding steroid dienone is 1. The van der Waals surface area contributed by atoms with Crippen LogP contribution in [0.3, 0.4) is 0 Å². The average Bonchev–Trinajstić information content (AvgIpc) is 2.06. The normalized spacial score (nSPS) is 22.9. The molecule has 0 amide bonds. The van der Waals surface area contributed by atoms with E-state index in [0.717, 1.165) is 0 Å². The standard InChI is InChI=1S/C9H11Br3O3/c1-9(2,3)8-14-5(6(11)12)4(10)7(13)15-8/h6,8H,1-3H3. The van der Waals surface area contributed by atoms with E-state index >= 15 is 0 Å². The third-order valence-corrected chi connectivity index (χ3v) is 3.30. The van der Waals surface area contributed by atoms with Gasteiger partial charge in [-0.05, 0) is 15.9 Å². The number of carbonyl (C=O) groups excluding carboxylic acids is 1. The second-order valence-corrected chi connectivity index (χ2v) is 8.05. The van der Waals surface area contributed by atoms with E-state index in [2.05, 4.69) is 47.8 Å². The number of esters is 1. The molecule has 1 aliphatic heterocycles. The number of cyclic esters (lactones) is 1. The zero-order valence-corrected chi connectivity index (χ0v) is 13.3. The number of halogens is 3. The molecule has 1 aliphatic rings. The predicted octanol–water partition coefficient (Wildman–Crippen LogP) is 3.65. The first-order valence-electron chi connectivity index (χ1n) is 4.29. The van der Waals surface area contributed by atoms with Gasteiger partial charge in [0, 0.05) is 5.41 Å². The zero-order chi connectivity index (χ0) is 11.8. The molecule has 0 saturated carbocycles. The van der Waals surface area contributed by atoms with Crippen LogP contribution < -0.4 is 0 Å². The molecule has 0 bridgehead atoms. The molecule has 1 atom stereocenters. The van der Waals surface area contributed by atoms with Crippen LogP contribution in [0.15, 0.2) is 10.2 Å². The van der Waals surface area contributed by atoms with E-state index in [1.807, 2.05) is 20.8 Å². The van der Waals surface area contributed by atoms with Gasteiger partial charge in [0.05, 0.1) is 0 Å². The topological polar surface area (TPSA) is 35.5 Å². The van der Waals surface area contributed by atoms with Crippen molar-refractivity contribution in [1.29, 1.82) is 0 Å². The Morgan fingerprint density at radius 1 is 1.27 bits per heavy atom. The molecule has 1 unspecified atom stereocenters. The summed E-state index contributed by atoms with van der Waals surface area (Å²) in [7, 11) is 0. The Bertz CT molecular complexity index is 304. The predicted molar refractivity (Wildman–Crippen MR) is 68.0 cm³/mol. The quantitative estimate of drug-likeness (QED) is 0.492. The number of carbonyl (C=O) groups is 1. The number of hydrogen-bond acceptors (Lipinski definition) is 3. The Balaban J connectivity index is 2.98. The molecule has 1 heterocycles. The van der Waals surface area contributed by atoms with E-state index < -0.39 is 12.3 Å². The highest BCUT2D eigenvalue weighted by Gasteiger charge is 2.38. The number of ether oxygens (including phenoxy) is 2. The molecule has 3 nitrogen and oxygen atoms in total. The number of alkyl halides is 2. The van der Waals surface area contributed by atoms with Crippen molar-refractivity contribution < 1.29 is 14.3 Å². The molecule has 1 rings (SSSR count). The summed E-state index contributed by atoms with van der Waals surface area (Å²) < 4.78 is 10.8. The summed E-state index contributed by atoms with van der Waals surface area (Å²) in [6, 6.07) is 0. The Labute approximate surface area is 114 Å². The summed E-state index contributed by atoms with van der Waals surface area (Å²) >= 11 is 9.72. The Kier molecular flexibility index (Phi) is 4.28. The molecule has 0 aromatic carbocycles. The molecular weight excluding hydrogens is 396 g/mol. The molecule has 0 spiro atoms. The lowest BCUT2D eigenvalue weighted by Gasteiger charge is -2.34. The van der Waals surface area contributed by atoms with Crippen LogP contribution in [0.5, 0.6) is 0 Å². The fourth-order valence-electron chi connectivity index (χ4n) is 0.941. The van der Waals surface area contributed by atoms with Crippen molar-refractivity contribution in [3.05, 3.63) is 10.2 Å². The molecule has 86 valence electrons. The van der Waals surface area contributed by atoms with Crippen LogP contribution in [0.25, 0.3) is 0 Å². The van der Waals surface area contributed by atoms with Crippen molar-refractivity contribution in [1.82, 2.24) is 0 Å². The molecule has 0 aliphatic carbocycles. The third-order valence-electron chi connectivity index (χ3n) is 1.75. The number of hydrogen-bond donors (Lipinski definition) is 0. The van der Waals surface area contributed by atoms with Crippen molar-refractivity contribution >= 4 is 53.8 Å². The highest BCUT2D eigenvalue weighted by molar-refractivity contribution is 9.24. The lowest BCUT2D eigenvalue weighted by atomic mass is 9.95. The minimum Gasteiger partial charge on any atom is -0.455 e. The van der Waals surface area contributed by atoms with Crippen LogP contribution in [-0.2, 0) is 14.3 Å². The molecule has 0 radical (unpaired) electrons. The minimum absolute atomic E-state index is 0.211. The van der Waals surface area contributed by atoms with Gasteiger partial charge < -0.3 is 9.47 Å². The van der Waals surface area contributed by atoms with Gasteiger partial charge in [-0.3, -0.25) is 0 Å². The maximum absolute atomic E-state index is 11.5. The van der Waals surface area contributed by atoms with Crippen molar-refractivity contribution in [2.45, 2.75) is 30.8 Å². The molecule has 0 aromatic heterocycles. The fourth-order valence-corrected chi connectivity index (χ4v) is 2.65. The van der Waals surface area contributed by atoms with Crippen LogP contribution in [0, 0.1) is 5.41 Å². The second-order valence-electron chi connectivity index (χ2n) is 4.20. The summed E-state index contributed by atoms with van der Waals surface area (Å²) in [6.45, 7) is 5.83. The first kappa shape index (κ1) is 13.5. The van der Waals surface area contributed by atoms with Crippen LogP contribution >= 0.6 is 47.8 Å². The number of rotatable bonds is 1. The molecule has 0 aromatic rings. The molecule has 0 fully saturated rings. The Hall–Kier alpha value is 0.450. The van der Waals surface area contributed by atoms with Gasteiger partial charge in [0.2, 0.25) is 6.29 Å². The molecular formula is C9H11Br3O3. The highest BCUT2D eigenvalue weighted by atomic mass is 79.9. The van der Waals surface area contributed by atoms with Gasteiger partial charge in [-0.2, -0.15) is 0 Å². The maximum atomic E-state index is 11.5. The van der Waals surface area contributed by atoms with Gasteiger partial charge in [0.1, 0.15) is 14.0 Å². The fraction of sp³-hybridized carbons (Fsp3) is 0.667. The third kappa shape index (κ3) is 3.20. The largest absolute Gasteiger partial charge is 0.455 e. The molecule has 6 heteroatoms. The smallest absolute Gasteiger partial charge is 0.351 e. The second kappa shape index (κ2) is 4.75. The first-order chi connectivity index (χ1) is 6.73. The van der Waals surface area contributed by atoms with E-state index in [-0.39, 0.29) is 9.15 Å². The van der Waals surface area contributed by atoms with Gasteiger partial charge in [-0.15, -0.1) is 0 Å². The van der Waals surface area contributed by atoms with Crippen LogP contribution in [0.4, 0.5) is 0 Å². The van der Waals surface area contributed by atoms with Gasteiger partial charge >= 0.3 is 5.97 Å². The van der Waals surface area contributed by atoms with E-state index in [0.29, 0.717) is 10.2 Å². The van der Waals surface area contributed by atoms with Crippen LogP contribution in [0.1, 0.15) is 20.8 Å². The first-order valence-corrected chi connectivity index (χ1v) is 6.91. The Morgan fingerprint density at radius 3 is 2.20 bits per heavy atom. The summed E-state index contributed by atoms with van der Waals surface area (Å²) in [5.74, 6) is 0.103. The summed E-state index contributed by atoms with van der Waals surface area (Å²) in [6.07, 6.45) is -0.570. The van der Waals surface area contributed by atoms with Crippen molar-refractivity contribution in [2.24, 2.45) is 5.41 Å². The molecule has 0 saturated heterocycles. The molecule has 0 N–H and O–H groups in total. The van der Waals surface area contributed by atoms with E-state index in [9.17, 15) is 4.79 Å².